The molecule has 0 unspecified atom stereocenters. The minimum atomic E-state index is -0.482. The molecule has 1 fully saturated rings. The van der Waals surface area contributed by atoms with E-state index in [-0.39, 0.29) is 11.8 Å². The van der Waals surface area contributed by atoms with Crippen molar-refractivity contribution in [3.8, 4) is 5.88 Å². The molecule has 1 amide bonds. The predicted molar refractivity (Wildman–Crippen MR) is 111 cm³/mol. The molecule has 0 bridgehead atoms. The van der Waals surface area contributed by atoms with E-state index in [1.54, 1.807) is 11.0 Å². The first kappa shape index (κ1) is 21.7. The van der Waals surface area contributed by atoms with Crippen LogP contribution in [0.1, 0.15) is 46.5 Å². The van der Waals surface area contributed by atoms with E-state index in [1.807, 2.05) is 20.8 Å². The van der Waals surface area contributed by atoms with Crippen LogP contribution in [-0.4, -0.2) is 51.2 Å². The van der Waals surface area contributed by atoms with Gasteiger partial charge in [-0.25, -0.2) is 14.8 Å². The van der Waals surface area contributed by atoms with Crippen LogP contribution in [0.15, 0.2) is 24.4 Å². The van der Waals surface area contributed by atoms with Gasteiger partial charge < -0.3 is 14.4 Å². The number of carbonyl (C=O) groups is 1. The van der Waals surface area contributed by atoms with E-state index in [9.17, 15) is 14.9 Å². The van der Waals surface area contributed by atoms with Crippen molar-refractivity contribution in [1.82, 2.24) is 14.9 Å². The Kier molecular flexibility index (Phi) is 6.69. The lowest BCUT2D eigenvalue weighted by molar-refractivity contribution is -0.384. The van der Waals surface area contributed by atoms with Crippen molar-refractivity contribution >= 4 is 22.8 Å². The Morgan fingerprint density at radius 2 is 2.13 bits per heavy atom. The molecule has 2 aromatic rings. The van der Waals surface area contributed by atoms with Crippen molar-refractivity contribution in [2.75, 3.05) is 19.7 Å². The molecule has 0 radical (unpaired) electrons. The molecule has 162 valence electrons. The summed E-state index contributed by atoms with van der Waals surface area (Å²) in [5.74, 6) is 0.827. The van der Waals surface area contributed by atoms with Crippen LogP contribution in [0.2, 0.25) is 0 Å². The zero-order chi connectivity index (χ0) is 21.7. The molecule has 0 N–H and O–H groups in total. The van der Waals surface area contributed by atoms with Gasteiger partial charge in [-0.1, -0.05) is 0 Å². The average molecular weight is 416 g/mol. The fraction of sp³-hybridized carbons (Fsp3) is 0.571. The van der Waals surface area contributed by atoms with Gasteiger partial charge in [0.15, 0.2) is 0 Å². The highest BCUT2D eigenvalue weighted by atomic mass is 16.6. The second-order valence-electron chi connectivity index (χ2n) is 8.56. The highest BCUT2D eigenvalue weighted by molar-refractivity contribution is 5.77. The summed E-state index contributed by atoms with van der Waals surface area (Å²) in [4.78, 5) is 33.0. The zero-order valence-corrected chi connectivity index (χ0v) is 17.7. The highest BCUT2D eigenvalue weighted by Crippen LogP contribution is 2.23. The van der Waals surface area contributed by atoms with Crippen molar-refractivity contribution in [2.24, 2.45) is 5.92 Å². The highest BCUT2D eigenvalue weighted by Gasteiger charge is 2.27. The van der Waals surface area contributed by atoms with Crippen molar-refractivity contribution in [3.63, 3.8) is 0 Å². The van der Waals surface area contributed by atoms with E-state index in [4.69, 9.17) is 9.47 Å². The number of aromatic nitrogens is 2. The van der Waals surface area contributed by atoms with Crippen LogP contribution >= 0.6 is 0 Å². The SMILES string of the molecule is CC(C)(C)OC(=O)N1CCC[C@H](CCCOc2cnc3cc([N+](=O)[O-])ccc3n2)C1. The van der Waals surface area contributed by atoms with Crippen molar-refractivity contribution in [2.45, 2.75) is 52.1 Å². The number of likely N-dealkylation sites (tertiary alicyclic amines) is 1. The summed E-state index contributed by atoms with van der Waals surface area (Å²) in [7, 11) is 0. The number of fused-ring (bicyclic) bond motifs is 1. The lowest BCUT2D eigenvalue weighted by Gasteiger charge is -2.34. The number of nitro benzene ring substituents is 1. The molecular weight excluding hydrogens is 388 g/mol. The Morgan fingerprint density at radius 3 is 2.87 bits per heavy atom. The molecule has 0 spiro atoms. The van der Waals surface area contributed by atoms with E-state index >= 15 is 0 Å². The van der Waals surface area contributed by atoms with Gasteiger partial charge in [0.1, 0.15) is 5.60 Å². The number of ether oxygens (including phenoxy) is 2. The van der Waals surface area contributed by atoms with Crippen molar-refractivity contribution < 1.29 is 19.2 Å². The van der Waals surface area contributed by atoms with Crippen LogP contribution in [0, 0.1) is 16.0 Å². The minimum absolute atomic E-state index is 0.0154. The molecule has 1 saturated heterocycles. The quantitative estimate of drug-likeness (QED) is 0.391. The van der Waals surface area contributed by atoms with E-state index in [1.165, 1.54) is 18.3 Å². The predicted octanol–water partition coefficient (Wildman–Crippen LogP) is 4.34. The first-order valence-corrected chi connectivity index (χ1v) is 10.2. The number of non-ortho nitro benzene ring substituents is 1. The van der Waals surface area contributed by atoms with Gasteiger partial charge in [0, 0.05) is 25.2 Å². The number of benzene rings is 1. The van der Waals surface area contributed by atoms with E-state index in [2.05, 4.69) is 9.97 Å². The monoisotopic (exact) mass is 416 g/mol. The second-order valence-corrected chi connectivity index (χ2v) is 8.56. The molecular formula is C21H28N4O5. The summed E-state index contributed by atoms with van der Waals surface area (Å²) in [5, 5.41) is 10.8. The molecule has 3 rings (SSSR count). The summed E-state index contributed by atoms with van der Waals surface area (Å²) in [6, 6.07) is 4.37. The van der Waals surface area contributed by atoms with Gasteiger partial charge >= 0.3 is 6.09 Å². The Hall–Kier alpha value is -2.97. The molecule has 1 aliphatic rings. The number of hydrogen-bond donors (Lipinski definition) is 0. The smallest absolute Gasteiger partial charge is 0.410 e. The fourth-order valence-electron chi connectivity index (χ4n) is 3.51. The van der Waals surface area contributed by atoms with Gasteiger partial charge in [-0.2, -0.15) is 0 Å². The van der Waals surface area contributed by atoms with Gasteiger partial charge in [-0.05, 0) is 58.4 Å². The summed E-state index contributed by atoms with van der Waals surface area (Å²) in [6.07, 6.45) is 5.10. The number of carbonyl (C=O) groups excluding carboxylic acids is 1. The number of nitrogens with zero attached hydrogens (tertiary/aromatic N) is 4. The van der Waals surface area contributed by atoms with Crippen LogP contribution in [0.4, 0.5) is 10.5 Å². The van der Waals surface area contributed by atoms with Crippen molar-refractivity contribution in [1.29, 1.82) is 0 Å². The fourth-order valence-corrected chi connectivity index (χ4v) is 3.51. The molecule has 9 heteroatoms. The van der Waals surface area contributed by atoms with Crippen LogP contribution < -0.4 is 4.74 Å². The molecule has 0 saturated carbocycles. The van der Waals surface area contributed by atoms with Gasteiger partial charge in [-0.3, -0.25) is 10.1 Å². The normalized spacial score (nSPS) is 17.0. The Balaban J connectivity index is 1.46. The minimum Gasteiger partial charge on any atom is -0.477 e. The standard InChI is InChI=1S/C21H28N4O5/c1-21(2,3)30-20(26)24-10-4-6-15(14-24)7-5-11-29-19-13-22-18-12-16(25(27)28)8-9-17(18)23-19/h8-9,12-13,15H,4-7,10-11,14H2,1-3H3/t15-/m1/s1. The topological polar surface area (TPSA) is 108 Å². The lowest BCUT2D eigenvalue weighted by atomic mass is 9.94. The van der Waals surface area contributed by atoms with Gasteiger partial charge in [0.25, 0.3) is 5.69 Å². The maximum absolute atomic E-state index is 12.3. The van der Waals surface area contributed by atoms with Gasteiger partial charge in [-0.15, -0.1) is 0 Å². The number of hydrogen-bond acceptors (Lipinski definition) is 7. The van der Waals surface area contributed by atoms with Crippen LogP contribution in [0.3, 0.4) is 0 Å². The maximum Gasteiger partial charge on any atom is 0.410 e. The molecule has 1 atom stereocenters. The molecule has 0 aliphatic carbocycles. The molecule has 1 aromatic heterocycles. The zero-order valence-electron chi connectivity index (χ0n) is 17.7. The molecule has 9 nitrogen and oxygen atoms in total. The molecule has 2 heterocycles. The number of nitro groups is 1. The van der Waals surface area contributed by atoms with E-state index in [0.29, 0.717) is 36.0 Å². The Labute approximate surface area is 175 Å². The third kappa shape index (κ3) is 6.01. The number of amides is 1. The Morgan fingerprint density at radius 1 is 1.33 bits per heavy atom. The van der Waals surface area contributed by atoms with Gasteiger partial charge in [0.2, 0.25) is 5.88 Å². The third-order valence-electron chi connectivity index (χ3n) is 4.89. The van der Waals surface area contributed by atoms with Crippen LogP contribution in [0.25, 0.3) is 11.0 Å². The summed E-state index contributed by atoms with van der Waals surface area (Å²) in [6.45, 7) is 7.58. The molecule has 1 aliphatic heterocycles. The average Bonchev–Trinajstić information content (AvgIpc) is 2.69. The van der Waals surface area contributed by atoms with Crippen LogP contribution in [-0.2, 0) is 4.74 Å². The van der Waals surface area contributed by atoms with Crippen LogP contribution in [0.5, 0.6) is 5.88 Å². The van der Waals surface area contributed by atoms with E-state index in [0.717, 1.165) is 32.2 Å². The lowest BCUT2D eigenvalue weighted by Crippen LogP contribution is -2.42. The third-order valence-corrected chi connectivity index (χ3v) is 4.89. The molecule has 30 heavy (non-hydrogen) atoms. The summed E-state index contributed by atoms with van der Waals surface area (Å²) < 4.78 is 11.2. The Bertz CT molecular complexity index is 912. The second kappa shape index (κ2) is 9.23. The number of rotatable bonds is 6. The van der Waals surface area contributed by atoms with Crippen molar-refractivity contribution in [3.05, 3.63) is 34.5 Å². The largest absolute Gasteiger partial charge is 0.477 e. The maximum atomic E-state index is 12.3. The summed E-state index contributed by atoms with van der Waals surface area (Å²) in [5.41, 5.74) is 0.515. The summed E-state index contributed by atoms with van der Waals surface area (Å²) >= 11 is 0. The van der Waals surface area contributed by atoms with E-state index < -0.39 is 10.5 Å². The first-order chi connectivity index (χ1) is 14.2. The number of piperidine rings is 1. The molecule has 1 aromatic carbocycles. The van der Waals surface area contributed by atoms with Gasteiger partial charge in [0.05, 0.1) is 28.8 Å². The first-order valence-electron chi connectivity index (χ1n) is 10.2.